The van der Waals surface area contributed by atoms with Crippen LogP contribution in [0.3, 0.4) is 0 Å². The molecule has 3 amide bonds. The van der Waals surface area contributed by atoms with E-state index in [0.29, 0.717) is 26.2 Å². The van der Waals surface area contributed by atoms with Crippen LogP contribution in [-0.2, 0) is 14.3 Å². The van der Waals surface area contributed by atoms with Crippen LogP contribution in [0.25, 0.3) is 0 Å². The van der Waals surface area contributed by atoms with Gasteiger partial charge in [-0.2, -0.15) is 0 Å². The van der Waals surface area contributed by atoms with E-state index < -0.39 is 0 Å². The SMILES string of the molecule is CC(=O)OC1CC2CCC3C4CCC(NC(=O)NCCN5CCNCC5=O)CC4CCC3C2C1. The summed E-state index contributed by atoms with van der Waals surface area (Å²) < 4.78 is 5.60. The van der Waals surface area contributed by atoms with Crippen molar-refractivity contribution in [3.05, 3.63) is 0 Å². The van der Waals surface area contributed by atoms with Crippen molar-refractivity contribution in [2.45, 2.75) is 76.9 Å². The van der Waals surface area contributed by atoms with Crippen LogP contribution in [0.2, 0.25) is 0 Å². The lowest BCUT2D eigenvalue weighted by atomic mass is 9.53. The average Bonchev–Trinajstić information content (AvgIpc) is 3.22. The molecular weight excluding hydrogens is 432 g/mol. The minimum Gasteiger partial charge on any atom is -0.463 e. The van der Waals surface area contributed by atoms with Crippen LogP contribution in [0.5, 0.6) is 0 Å². The number of urea groups is 1. The van der Waals surface area contributed by atoms with Crippen molar-refractivity contribution in [3.63, 3.8) is 0 Å². The van der Waals surface area contributed by atoms with Crippen molar-refractivity contribution < 1.29 is 19.1 Å². The van der Waals surface area contributed by atoms with Gasteiger partial charge in [0.15, 0.2) is 0 Å². The van der Waals surface area contributed by atoms with E-state index >= 15 is 0 Å². The highest BCUT2D eigenvalue weighted by molar-refractivity contribution is 5.79. The van der Waals surface area contributed by atoms with Crippen molar-refractivity contribution in [3.8, 4) is 0 Å². The number of esters is 1. The van der Waals surface area contributed by atoms with Crippen molar-refractivity contribution in [2.75, 3.05) is 32.7 Å². The van der Waals surface area contributed by atoms with Crippen molar-refractivity contribution in [1.29, 1.82) is 0 Å². The summed E-state index contributed by atoms with van der Waals surface area (Å²) in [4.78, 5) is 37.6. The van der Waals surface area contributed by atoms with E-state index in [1.807, 2.05) is 4.90 Å². The summed E-state index contributed by atoms with van der Waals surface area (Å²) in [7, 11) is 0. The Balaban J connectivity index is 1.07. The van der Waals surface area contributed by atoms with Gasteiger partial charge < -0.3 is 25.6 Å². The molecule has 5 fully saturated rings. The Hall–Kier alpha value is -1.83. The molecule has 8 nitrogen and oxygen atoms in total. The zero-order chi connectivity index (χ0) is 23.7. The molecule has 4 aliphatic carbocycles. The summed E-state index contributed by atoms with van der Waals surface area (Å²) in [5, 5.41) is 9.25. The number of hydrogen-bond donors (Lipinski definition) is 3. The first-order chi connectivity index (χ1) is 16.5. The lowest BCUT2D eigenvalue weighted by molar-refractivity contribution is -0.146. The number of nitrogens with one attached hydrogen (secondary N) is 3. The van der Waals surface area contributed by atoms with E-state index in [4.69, 9.17) is 4.74 Å². The minimum absolute atomic E-state index is 0.0947. The van der Waals surface area contributed by atoms with Crippen molar-refractivity contribution in [1.82, 2.24) is 20.9 Å². The van der Waals surface area contributed by atoms with Crippen LogP contribution in [0.1, 0.15) is 64.7 Å². The maximum Gasteiger partial charge on any atom is 0.315 e. The molecule has 0 bridgehead atoms. The lowest BCUT2D eigenvalue weighted by Gasteiger charge is -2.52. The fraction of sp³-hybridized carbons (Fsp3) is 0.885. The Morgan fingerprint density at radius 3 is 2.47 bits per heavy atom. The number of nitrogens with zero attached hydrogens (tertiary/aromatic N) is 1. The second-order valence-electron chi connectivity index (χ2n) is 11.5. The molecule has 8 unspecified atom stereocenters. The lowest BCUT2D eigenvalue weighted by Crippen LogP contribution is -2.52. The van der Waals surface area contributed by atoms with Crippen molar-refractivity contribution >= 4 is 17.9 Å². The third-order valence-electron chi connectivity index (χ3n) is 9.66. The molecule has 1 heterocycles. The number of ether oxygens (including phenoxy) is 1. The highest BCUT2D eigenvalue weighted by Crippen LogP contribution is 2.58. The van der Waals surface area contributed by atoms with Crippen LogP contribution in [0, 0.1) is 35.5 Å². The molecule has 0 aromatic rings. The van der Waals surface area contributed by atoms with Gasteiger partial charge in [0.25, 0.3) is 0 Å². The molecule has 34 heavy (non-hydrogen) atoms. The minimum atomic E-state index is -0.129. The highest BCUT2D eigenvalue weighted by Gasteiger charge is 2.51. The summed E-state index contributed by atoms with van der Waals surface area (Å²) in [5.41, 5.74) is 0. The Kier molecular flexibility index (Phi) is 7.32. The van der Waals surface area contributed by atoms with Crippen LogP contribution in [0.4, 0.5) is 4.79 Å². The molecule has 4 saturated carbocycles. The summed E-state index contributed by atoms with van der Waals surface area (Å²) >= 11 is 0. The fourth-order valence-corrected chi connectivity index (χ4v) is 8.33. The molecule has 0 radical (unpaired) electrons. The van der Waals surface area contributed by atoms with Gasteiger partial charge >= 0.3 is 12.0 Å². The number of carbonyl (C=O) groups excluding carboxylic acids is 3. The van der Waals surface area contributed by atoms with Crippen LogP contribution >= 0.6 is 0 Å². The number of rotatable bonds is 5. The number of hydrogen-bond acceptors (Lipinski definition) is 5. The molecule has 0 aromatic carbocycles. The molecule has 0 spiro atoms. The molecule has 5 rings (SSSR count). The molecule has 5 aliphatic rings. The highest BCUT2D eigenvalue weighted by atomic mass is 16.5. The third-order valence-corrected chi connectivity index (χ3v) is 9.66. The largest absolute Gasteiger partial charge is 0.463 e. The standard InChI is InChI=1S/C26H42N4O4/c1-16(31)34-20-13-18-3-5-22-21-7-4-19(12-17(21)2-6-23(22)24(18)14-20)29-26(33)28-9-11-30-10-8-27-15-25(30)32/h17-24,27H,2-15H2,1H3,(H2,28,29,33). The Bertz CT molecular complexity index is 776. The molecule has 190 valence electrons. The molecule has 1 aliphatic heterocycles. The molecule has 0 aromatic heterocycles. The second kappa shape index (κ2) is 10.4. The summed E-state index contributed by atoms with van der Waals surface area (Å²) in [6, 6.07) is 0.164. The normalized spacial score (nSPS) is 39.4. The van der Waals surface area contributed by atoms with E-state index in [-0.39, 0.29) is 30.1 Å². The zero-order valence-corrected chi connectivity index (χ0v) is 20.6. The van der Waals surface area contributed by atoms with Gasteiger partial charge in [0.05, 0.1) is 6.54 Å². The summed E-state index contributed by atoms with van der Waals surface area (Å²) in [6.07, 6.45) is 10.9. The Morgan fingerprint density at radius 2 is 1.71 bits per heavy atom. The fourth-order valence-electron chi connectivity index (χ4n) is 8.33. The van der Waals surface area contributed by atoms with Gasteiger partial charge in [0.1, 0.15) is 6.10 Å². The van der Waals surface area contributed by atoms with Crippen molar-refractivity contribution in [2.24, 2.45) is 35.5 Å². The van der Waals surface area contributed by atoms with E-state index in [2.05, 4.69) is 16.0 Å². The van der Waals surface area contributed by atoms with Gasteiger partial charge in [-0.3, -0.25) is 9.59 Å². The smallest absolute Gasteiger partial charge is 0.315 e. The predicted molar refractivity (Wildman–Crippen MR) is 128 cm³/mol. The first-order valence-corrected chi connectivity index (χ1v) is 13.7. The third kappa shape index (κ3) is 5.21. The molecular formula is C26H42N4O4. The summed E-state index contributed by atoms with van der Waals surface area (Å²) in [6.45, 7) is 4.54. The van der Waals surface area contributed by atoms with E-state index in [9.17, 15) is 14.4 Å². The average molecular weight is 475 g/mol. The number of carbonyl (C=O) groups is 3. The van der Waals surface area contributed by atoms with Gasteiger partial charge in [0.2, 0.25) is 5.91 Å². The van der Waals surface area contributed by atoms with Gasteiger partial charge in [0, 0.05) is 39.1 Å². The van der Waals surface area contributed by atoms with Crippen LogP contribution in [-0.4, -0.2) is 67.7 Å². The number of fused-ring (bicyclic) bond motifs is 5. The number of piperazine rings is 1. The van der Waals surface area contributed by atoms with Crippen LogP contribution in [0.15, 0.2) is 0 Å². The Labute approximate surface area is 203 Å². The summed E-state index contributed by atoms with van der Waals surface area (Å²) in [5.74, 6) is 4.62. The van der Waals surface area contributed by atoms with E-state index in [1.54, 1.807) is 0 Å². The van der Waals surface area contributed by atoms with E-state index in [0.717, 1.165) is 67.7 Å². The zero-order valence-electron chi connectivity index (χ0n) is 20.6. The van der Waals surface area contributed by atoms with Crippen LogP contribution < -0.4 is 16.0 Å². The maximum atomic E-state index is 12.5. The molecule has 1 saturated heterocycles. The molecule has 8 heteroatoms. The topological polar surface area (TPSA) is 99.8 Å². The van der Waals surface area contributed by atoms with E-state index in [1.165, 1.54) is 39.0 Å². The van der Waals surface area contributed by atoms with Gasteiger partial charge in [-0.05, 0) is 93.3 Å². The van der Waals surface area contributed by atoms with Gasteiger partial charge in [-0.25, -0.2) is 4.79 Å². The first kappa shape index (κ1) is 23.9. The maximum absolute atomic E-state index is 12.5. The van der Waals surface area contributed by atoms with Gasteiger partial charge in [-0.15, -0.1) is 0 Å². The Morgan fingerprint density at radius 1 is 0.971 bits per heavy atom. The number of amides is 3. The van der Waals surface area contributed by atoms with Gasteiger partial charge in [-0.1, -0.05) is 0 Å². The molecule has 3 N–H and O–H groups in total. The predicted octanol–water partition coefficient (Wildman–Crippen LogP) is 2.28. The second-order valence-corrected chi connectivity index (χ2v) is 11.5. The first-order valence-electron chi connectivity index (χ1n) is 13.7. The molecule has 8 atom stereocenters. The monoisotopic (exact) mass is 474 g/mol. The quantitative estimate of drug-likeness (QED) is 0.531.